The summed E-state index contributed by atoms with van der Waals surface area (Å²) in [5.74, 6) is 0.295. The van der Waals surface area contributed by atoms with Gasteiger partial charge in [-0.25, -0.2) is 0 Å². The van der Waals surface area contributed by atoms with Crippen LogP contribution in [0.2, 0.25) is 5.02 Å². The summed E-state index contributed by atoms with van der Waals surface area (Å²) in [4.78, 5) is 12.2. The van der Waals surface area contributed by atoms with Crippen molar-refractivity contribution >= 4 is 23.2 Å². The Morgan fingerprint density at radius 1 is 1.17 bits per heavy atom. The van der Waals surface area contributed by atoms with E-state index in [1.807, 2.05) is 0 Å². The van der Waals surface area contributed by atoms with Crippen molar-refractivity contribution < 1.29 is 27.4 Å². The Morgan fingerprint density at radius 3 is 2.58 bits per heavy atom. The van der Waals surface area contributed by atoms with Gasteiger partial charge in [0.1, 0.15) is 6.61 Å². The van der Waals surface area contributed by atoms with Crippen molar-refractivity contribution in [3.05, 3.63) is 53.1 Å². The van der Waals surface area contributed by atoms with Gasteiger partial charge in [0.05, 0.1) is 10.6 Å². The fourth-order valence-corrected chi connectivity index (χ4v) is 2.42. The molecule has 8 heteroatoms. The van der Waals surface area contributed by atoms with Gasteiger partial charge in [-0.15, -0.1) is 0 Å². The predicted octanol–water partition coefficient (Wildman–Crippen LogP) is 4.14. The first-order valence-corrected chi connectivity index (χ1v) is 7.28. The third-order valence-electron chi connectivity index (χ3n) is 3.34. The van der Waals surface area contributed by atoms with E-state index >= 15 is 0 Å². The summed E-state index contributed by atoms with van der Waals surface area (Å²) in [6.07, 6.45) is -5.58. The molecule has 0 fully saturated rings. The lowest BCUT2D eigenvalue weighted by molar-refractivity contribution is -0.137. The lowest BCUT2D eigenvalue weighted by Crippen LogP contribution is -2.40. The molecule has 1 aliphatic rings. The molecule has 0 saturated heterocycles. The van der Waals surface area contributed by atoms with E-state index in [1.54, 1.807) is 24.3 Å². The van der Waals surface area contributed by atoms with Crippen LogP contribution >= 0.6 is 11.6 Å². The fourth-order valence-electron chi connectivity index (χ4n) is 2.19. The summed E-state index contributed by atoms with van der Waals surface area (Å²) in [5, 5.41) is 1.94. The van der Waals surface area contributed by atoms with Gasteiger partial charge >= 0.3 is 6.18 Å². The van der Waals surface area contributed by atoms with Gasteiger partial charge in [-0.2, -0.15) is 13.2 Å². The Kier molecular flexibility index (Phi) is 4.28. The third kappa shape index (κ3) is 3.41. The van der Waals surface area contributed by atoms with Crippen LogP contribution in [0.3, 0.4) is 0 Å². The molecule has 0 radical (unpaired) electrons. The highest BCUT2D eigenvalue weighted by Gasteiger charge is 2.34. The Bertz CT molecular complexity index is 779. The number of alkyl halides is 3. The van der Waals surface area contributed by atoms with Gasteiger partial charge in [0.2, 0.25) is 6.10 Å². The number of hydrogen-bond donors (Lipinski definition) is 1. The number of carbonyl (C=O) groups is 1. The first-order chi connectivity index (χ1) is 11.3. The average molecular weight is 358 g/mol. The molecule has 0 saturated carbocycles. The minimum atomic E-state index is -4.61. The molecule has 1 amide bonds. The minimum Gasteiger partial charge on any atom is -0.485 e. The highest BCUT2D eigenvalue weighted by molar-refractivity contribution is 6.31. The van der Waals surface area contributed by atoms with Crippen LogP contribution < -0.4 is 14.8 Å². The number of nitrogens with one attached hydrogen (secondary N) is 1. The second-order valence-corrected chi connectivity index (χ2v) is 5.45. The molecule has 1 heterocycles. The van der Waals surface area contributed by atoms with Crippen molar-refractivity contribution in [2.45, 2.75) is 12.3 Å². The molecule has 1 aliphatic heterocycles. The average Bonchev–Trinajstić information content (AvgIpc) is 2.55. The standard InChI is InChI=1S/C16H11ClF3NO3/c17-11-6-5-9(7-10(11)16(18,19)20)21-15(22)14-8-23-12-3-1-2-4-13(12)24-14/h1-7,14H,8H2,(H,21,22)/t14-/m1/s1. The quantitative estimate of drug-likeness (QED) is 0.878. The molecule has 126 valence electrons. The zero-order chi connectivity index (χ0) is 17.3. The summed E-state index contributed by atoms with van der Waals surface area (Å²) >= 11 is 5.54. The molecule has 2 aromatic carbocycles. The van der Waals surface area contributed by atoms with Crippen LogP contribution in [-0.4, -0.2) is 18.6 Å². The van der Waals surface area contributed by atoms with Crippen LogP contribution in [0.15, 0.2) is 42.5 Å². The Morgan fingerprint density at radius 2 is 1.88 bits per heavy atom. The summed E-state index contributed by atoms with van der Waals surface area (Å²) in [6.45, 7) is -0.0391. The van der Waals surface area contributed by atoms with E-state index in [2.05, 4.69) is 5.32 Å². The monoisotopic (exact) mass is 357 g/mol. The fraction of sp³-hybridized carbons (Fsp3) is 0.188. The molecule has 0 bridgehead atoms. The van der Waals surface area contributed by atoms with Crippen molar-refractivity contribution in [1.82, 2.24) is 0 Å². The first kappa shape index (κ1) is 16.4. The minimum absolute atomic E-state index is 0.0285. The van der Waals surface area contributed by atoms with Crippen molar-refractivity contribution in [2.75, 3.05) is 11.9 Å². The summed E-state index contributed by atoms with van der Waals surface area (Å²) < 4.78 is 49.4. The van der Waals surface area contributed by atoms with Crippen molar-refractivity contribution in [1.29, 1.82) is 0 Å². The number of ether oxygens (including phenoxy) is 2. The second-order valence-electron chi connectivity index (χ2n) is 5.05. The van der Waals surface area contributed by atoms with Crippen LogP contribution in [-0.2, 0) is 11.0 Å². The van der Waals surface area contributed by atoms with Gasteiger partial charge in [-0.3, -0.25) is 4.79 Å². The van der Waals surface area contributed by atoms with E-state index in [-0.39, 0.29) is 12.3 Å². The maximum Gasteiger partial charge on any atom is 0.417 e. The highest BCUT2D eigenvalue weighted by atomic mass is 35.5. The number of fused-ring (bicyclic) bond motifs is 1. The predicted molar refractivity (Wildman–Crippen MR) is 81.4 cm³/mol. The molecule has 2 aromatic rings. The molecule has 4 nitrogen and oxygen atoms in total. The van der Waals surface area contributed by atoms with Crippen LogP contribution in [0, 0.1) is 0 Å². The third-order valence-corrected chi connectivity index (χ3v) is 3.67. The zero-order valence-corrected chi connectivity index (χ0v) is 12.8. The van der Waals surface area contributed by atoms with Crippen molar-refractivity contribution in [3.63, 3.8) is 0 Å². The molecule has 0 unspecified atom stereocenters. The normalized spacial score (nSPS) is 16.6. The van der Waals surface area contributed by atoms with Crippen LogP contribution in [0.5, 0.6) is 11.5 Å². The van der Waals surface area contributed by atoms with Crippen molar-refractivity contribution in [3.8, 4) is 11.5 Å². The van der Waals surface area contributed by atoms with Gasteiger partial charge < -0.3 is 14.8 Å². The van der Waals surface area contributed by atoms with Gasteiger partial charge in [0, 0.05) is 5.69 Å². The molecule has 24 heavy (non-hydrogen) atoms. The highest BCUT2D eigenvalue weighted by Crippen LogP contribution is 2.36. The lowest BCUT2D eigenvalue weighted by Gasteiger charge is -2.25. The van der Waals surface area contributed by atoms with Crippen LogP contribution in [0.4, 0.5) is 18.9 Å². The molecule has 0 spiro atoms. The van der Waals surface area contributed by atoms with Gasteiger partial charge in [0.25, 0.3) is 5.91 Å². The topological polar surface area (TPSA) is 47.6 Å². The number of para-hydroxylation sites is 2. The Balaban J connectivity index is 1.74. The number of anilines is 1. The van der Waals surface area contributed by atoms with E-state index in [9.17, 15) is 18.0 Å². The molecule has 0 aromatic heterocycles. The van der Waals surface area contributed by atoms with Gasteiger partial charge in [-0.05, 0) is 30.3 Å². The van der Waals surface area contributed by atoms with E-state index < -0.39 is 28.8 Å². The van der Waals surface area contributed by atoms with E-state index in [4.69, 9.17) is 21.1 Å². The SMILES string of the molecule is O=C(Nc1ccc(Cl)c(C(F)(F)F)c1)[C@H]1COc2ccccc2O1. The molecule has 1 N–H and O–H groups in total. The summed E-state index contributed by atoms with van der Waals surface area (Å²) in [7, 11) is 0. The number of hydrogen-bond acceptors (Lipinski definition) is 3. The first-order valence-electron chi connectivity index (χ1n) is 6.90. The molecule has 3 rings (SSSR count). The summed E-state index contributed by atoms with van der Waals surface area (Å²) in [5.41, 5.74) is -1.05. The maximum atomic E-state index is 12.8. The molecular weight excluding hydrogens is 347 g/mol. The number of amides is 1. The number of benzene rings is 2. The van der Waals surface area contributed by atoms with Gasteiger partial charge in [0.15, 0.2) is 11.5 Å². The smallest absolute Gasteiger partial charge is 0.417 e. The van der Waals surface area contributed by atoms with Crippen LogP contribution in [0.25, 0.3) is 0 Å². The Hall–Kier alpha value is -2.41. The second kappa shape index (κ2) is 6.24. The zero-order valence-electron chi connectivity index (χ0n) is 12.1. The summed E-state index contributed by atoms with van der Waals surface area (Å²) in [6, 6.07) is 9.95. The number of halogens is 4. The maximum absolute atomic E-state index is 12.8. The van der Waals surface area contributed by atoms with Crippen LogP contribution in [0.1, 0.15) is 5.56 Å². The Labute approximate surface area is 140 Å². The molecule has 0 aliphatic carbocycles. The van der Waals surface area contributed by atoms with Gasteiger partial charge in [-0.1, -0.05) is 23.7 Å². The van der Waals surface area contributed by atoms with E-state index in [1.165, 1.54) is 6.07 Å². The largest absolute Gasteiger partial charge is 0.485 e. The molecule has 1 atom stereocenters. The lowest BCUT2D eigenvalue weighted by atomic mass is 10.2. The van der Waals surface area contributed by atoms with E-state index in [0.29, 0.717) is 11.5 Å². The van der Waals surface area contributed by atoms with Crippen molar-refractivity contribution in [2.24, 2.45) is 0 Å². The number of rotatable bonds is 2. The van der Waals surface area contributed by atoms with E-state index in [0.717, 1.165) is 12.1 Å². The molecular formula is C16H11ClF3NO3. The number of carbonyl (C=O) groups excluding carboxylic acids is 1.